The number of nitrogens with one attached hydrogen (secondary N) is 1. The summed E-state index contributed by atoms with van der Waals surface area (Å²) in [6.07, 6.45) is 6.90. The summed E-state index contributed by atoms with van der Waals surface area (Å²) in [6, 6.07) is 4.47. The van der Waals surface area contributed by atoms with E-state index in [2.05, 4.69) is 23.2 Å². The molecule has 1 aromatic carbocycles. The van der Waals surface area contributed by atoms with Gasteiger partial charge in [-0.05, 0) is 58.1 Å². The Bertz CT molecular complexity index is 1150. The maximum atomic E-state index is 14.3. The minimum Gasteiger partial charge on any atom is -0.492 e. The highest BCUT2D eigenvalue weighted by molar-refractivity contribution is 7.12. The van der Waals surface area contributed by atoms with Gasteiger partial charge in [-0.1, -0.05) is 11.6 Å². The third-order valence-electron chi connectivity index (χ3n) is 6.82. The van der Waals surface area contributed by atoms with Crippen molar-refractivity contribution < 1.29 is 33.9 Å². The normalized spacial score (nSPS) is 18.9. The largest absolute Gasteiger partial charge is 0.492 e. The first-order valence-electron chi connectivity index (χ1n) is 13.7. The Kier molecular flexibility index (Phi) is 11.3. The van der Waals surface area contributed by atoms with E-state index in [1.165, 1.54) is 29.0 Å². The number of ether oxygens (including phenoxy) is 3. The van der Waals surface area contributed by atoms with E-state index in [1.54, 1.807) is 6.07 Å². The van der Waals surface area contributed by atoms with Crippen LogP contribution in [0.2, 0.25) is 0 Å². The number of halogens is 1. The summed E-state index contributed by atoms with van der Waals surface area (Å²) in [5.41, 5.74) is 3.63. The van der Waals surface area contributed by atoms with Crippen LogP contribution in [-0.4, -0.2) is 55.2 Å². The summed E-state index contributed by atoms with van der Waals surface area (Å²) in [4.78, 5) is 11.0. The molecule has 39 heavy (non-hydrogen) atoms. The first kappa shape index (κ1) is 29.6. The highest BCUT2D eigenvalue weighted by atomic mass is 32.1. The van der Waals surface area contributed by atoms with Gasteiger partial charge in [0.2, 0.25) is 0 Å². The Morgan fingerprint density at radius 3 is 2.82 bits per heavy atom. The Labute approximate surface area is 233 Å². The third kappa shape index (κ3) is 8.09. The Hall–Kier alpha value is -2.34. The number of hydrogen-bond acceptors (Lipinski definition) is 9. The zero-order valence-corrected chi connectivity index (χ0v) is 23.5. The minimum atomic E-state index is -1.000. The summed E-state index contributed by atoms with van der Waals surface area (Å²) in [6.45, 7) is 6.03. The van der Waals surface area contributed by atoms with Gasteiger partial charge in [0.25, 0.3) is 0 Å². The van der Waals surface area contributed by atoms with Crippen molar-refractivity contribution in [3.63, 3.8) is 0 Å². The smallest absolute Gasteiger partial charge is 0.148 e. The first-order chi connectivity index (χ1) is 19.0. The van der Waals surface area contributed by atoms with Gasteiger partial charge in [-0.15, -0.1) is 11.3 Å². The Morgan fingerprint density at radius 2 is 2.05 bits per heavy atom. The van der Waals surface area contributed by atoms with E-state index in [0.29, 0.717) is 48.3 Å². The minimum absolute atomic E-state index is 0.0449. The standard InChI is InChI=1S/C29H39FN2O6S/c1-3-36-27-26-23(32-22-10-9-20(30)18-24(22)38-21-12-15-35-16-13-21)7-5-4-6-19(2)8-11-25(26)39-28(27)29(33)31-14-17-37-34/h6,9-10,18,21,29,31,33-34H,3-5,7-8,11-17H2,1-2H3. The number of aliphatic hydroxyl groups excluding tert-OH is 1. The summed E-state index contributed by atoms with van der Waals surface area (Å²) < 4.78 is 32.2. The molecule has 4 rings (SSSR count). The molecule has 0 saturated carbocycles. The fraction of sp³-hybridized carbons (Fsp3) is 0.552. The van der Waals surface area contributed by atoms with Crippen molar-refractivity contribution in [3.05, 3.63) is 51.0 Å². The monoisotopic (exact) mass is 562 g/mol. The fourth-order valence-corrected chi connectivity index (χ4v) is 6.04. The van der Waals surface area contributed by atoms with E-state index in [0.717, 1.165) is 54.7 Å². The predicted octanol–water partition coefficient (Wildman–Crippen LogP) is 6.10. The topological polar surface area (TPSA) is 102 Å². The molecule has 10 heteroatoms. The number of rotatable bonds is 10. The maximum Gasteiger partial charge on any atom is 0.148 e. The molecule has 1 unspecified atom stereocenters. The molecule has 0 amide bonds. The van der Waals surface area contributed by atoms with Gasteiger partial charge in [0.05, 0.1) is 42.6 Å². The molecule has 0 radical (unpaired) electrons. The van der Waals surface area contributed by atoms with E-state index in [4.69, 9.17) is 24.5 Å². The van der Waals surface area contributed by atoms with Crippen molar-refractivity contribution in [2.24, 2.45) is 4.99 Å². The van der Waals surface area contributed by atoms with Crippen molar-refractivity contribution in [1.82, 2.24) is 5.32 Å². The van der Waals surface area contributed by atoms with E-state index in [1.807, 2.05) is 6.92 Å². The van der Waals surface area contributed by atoms with Crippen LogP contribution in [0.5, 0.6) is 11.5 Å². The van der Waals surface area contributed by atoms with E-state index in [-0.39, 0.29) is 25.1 Å². The van der Waals surface area contributed by atoms with Gasteiger partial charge in [0, 0.05) is 30.3 Å². The molecule has 3 N–H and O–H groups in total. The van der Waals surface area contributed by atoms with Crippen LogP contribution < -0.4 is 14.8 Å². The van der Waals surface area contributed by atoms with Crippen LogP contribution in [0, 0.1) is 5.82 Å². The third-order valence-corrected chi connectivity index (χ3v) is 8.10. The lowest BCUT2D eigenvalue weighted by Gasteiger charge is -2.24. The molecule has 1 fully saturated rings. The summed E-state index contributed by atoms with van der Waals surface area (Å²) >= 11 is 1.50. The zero-order chi connectivity index (χ0) is 27.6. The molecule has 214 valence electrons. The van der Waals surface area contributed by atoms with Crippen molar-refractivity contribution >= 4 is 22.7 Å². The first-order valence-corrected chi connectivity index (χ1v) is 14.6. The number of aryl methyl sites for hydroxylation is 1. The van der Waals surface area contributed by atoms with E-state index in [9.17, 15) is 9.50 Å². The Balaban J connectivity index is 1.79. The maximum absolute atomic E-state index is 14.3. The van der Waals surface area contributed by atoms with Crippen LogP contribution in [0.4, 0.5) is 10.1 Å². The lowest BCUT2D eigenvalue weighted by atomic mass is 9.97. The lowest BCUT2D eigenvalue weighted by molar-refractivity contribution is -0.241. The predicted molar refractivity (Wildman–Crippen MR) is 150 cm³/mol. The summed E-state index contributed by atoms with van der Waals surface area (Å²) in [5, 5.41) is 22.7. The van der Waals surface area contributed by atoms with Crippen molar-refractivity contribution in [2.75, 3.05) is 33.0 Å². The highest BCUT2D eigenvalue weighted by Crippen LogP contribution is 2.43. The number of nitrogens with zero attached hydrogens (tertiary/aromatic N) is 1. The molecular formula is C29H39FN2O6S. The molecule has 0 spiro atoms. The number of benzene rings is 1. The number of fused-ring (bicyclic) bond motifs is 1. The van der Waals surface area contributed by atoms with E-state index >= 15 is 0 Å². The second kappa shape index (κ2) is 14.9. The van der Waals surface area contributed by atoms with Gasteiger partial charge >= 0.3 is 0 Å². The van der Waals surface area contributed by atoms with Crippen LogP contribution in [0.25, 0.3) is 0 Å². The molecule has 1 aromatic heterocycles. The zero-order valence-electron chi connectivity index (χ0n) is 22.7. The van der Waals surface area contributed by atoms with Gasteiger partial charge in [-0.2, -0.15) is 0 Å². The molecule has 2 aromatic rings. The Morgan fingerprint density at radius 1 is 1.23 bits per heavy atom. The average Bonchev–Trinajstić information content (AvgIpc) is 3.29. The summed E-state index contributed by atoms with van der Waals surface area (Å²) in [7, 11) is 0. The number of hydrogen-bond donors (Lipinski definition) is 3. The molecule has 0 bridgehead atoms. The second-order valence-corrected chi connectivity index (χ2v) is 10.9. The molecule has 2 heterocycles. The van der Waals surface area contributed by atoms with Crippen LogP contribution in [0.1, 0.15) is 73.9 Å². The van der Waals surface area contributed by atoms with Gasteiger partial charge in [-0.25, -0.2) is 14.3 Å². The van der Waals surface area contributed by atoms with Crippen LogP contribution in [-0.2, 0) is 16.0 Å². The highest BCUT2D eigenvalue weighted by Gasteiger charge is 2.28. The fourth-order valence-electron chi connectivity index (χ4n) is 4.81. The van der Waals surface area contributed by atoms with Crippen LogP contribution in [0.15, 0.2) is 34.8 Å². The number of allylic oxidation sites excluding steroid dienone is 2. The average molecular weight is 563 g/mol. The number of thiophene rings is 1. The van der Waals surface area contributed by atoms with Crippen molar-refractivity contribution in [1.29, 1.82) is 0 Å². The SMILES string of the molecule is CCOc1c(C(O)NCCOO)sc2c1C(=Nc1ccc(F)cc1OC1CCOCC1)CCCC=C(C)CC2. The lowest BCUT2D eigenvalue weighted by Crippen LogP contribution is -2.26. The molecule has 2 aliphatic rings. The molecule has 1 aliphatic heterocycles. The number of aliphatic hydroxyl groups is 1. The molecule has 1 aliphatic carbocycles. The quantitative estimate of drug-likeness (QED) is 0.106. The summed E-state index contributed by atoms with van der Waals surface area (Å²) in [5.74, 6) is 0.655. The van der Waals surface area contributed by atoms with Gasteiger partial charge in [0.15, 0.2) is 0 Å². The van der Waals surface area contributed by atoms with Crippen molar-refractivity contribution in [2.45, 2.75) is 71.1 Å². The molecule has 1 saturated heterocycles. The molecule has 8 nitrogen and oxygen atoms in total. The second-order valence-electron chi connectivity index (χ2n) is 9.76. The van der Waals surface area contributed by atoms with E-state index < -0.39 is 6.23 Å². The number of aliphatic imine (C=N–C) groups is 1. The van der Waals surface area contributed by atoms with Crippen LogP contribution >= 0.6 is 11.3 Å². The van der Waals surface area contributed by atoms with Gasteiger partial charge < -0.3 is 19.3 Å². The van der Waals surface area contributed by atoms with Crippen LogP contribution in [0.3, 0.4) is 0 Å². The van der Waals surface area contributed by atoms with Gasteiger partial charge in [-0.3, -0.25) is 10.6 Å². The van der Waals surface area contributed by atoms with Crippen molar-refractivity contribution in [3.8, 4) is 11.5 Å². The van der Waals surface area contributed by atoms with Gasteiger partial charge in [0.1, 0.15) is 35.3 Å². The molecular weight excluding hydrogens is 523 g/mol. The molecule has 1 atom stereocenters.